The van der Waals surface area contributed by atoms with Gasteiger partial charge in [-0.1, -0.05) is 46.0 Å². The minimum Gasteiger partial charge on any atom is -0.352 e. The van der Waals surface area contributed by atoms with Gasteiger partial charge < -0.3 is 10.6 Å². The van der Waals surface area contributed by atoms with Gasteiger partial charge in [0.15, 0.2) is 0 Å². The molecule has 0 saturated heterocycles. The highest BCUT2D eigenvalue weighted by Gasteiger charge is 2.28. The molecule has 0 aromatic heterocycles. The molecular weight excluding hydrogens is 264 g/mol. The summed E-state index contributed by atoms with van der Waals surface area (Å²) in [5.41, 5.74) is 0. The first-order valence-electron chi connectivity index (χ1n) is 8.65. The second-order valence-corrected chi connectivity index (χ2v) is 6.99. The van der Waals surface area contributed by atoms with Crippen LogP contribution in [0.1, 0.15) is 65.2 Å². The largest absolute Gasteiger partial charge is 0.352 e. The van der Waals surface area contributed by atoms with E-state index in [1.54, 1.807) is 0 Å². The molecule has 2 N–H and O–H groups in total. The standard InChI is InChI=1S/C17H30N2O2/c1-12-7-6-10-15(13(12)2)19-16(20)11-18-17(21)14-8-4-3-5-9-14/h12-15H,3-11H2,1-2H3,(H,18,21)(H,19,20)/t12-,13+,15+/m1/s1. The van der Waals surface area contributed by atoms with Crippen LogP contribution < -0.4 is 10.6 Å². The summed E-state index contributed by atoms with van der Waals surface area (Å²) in [4.78, 5) is 24.0. The summed E-state index contributed by atoms with van der Waals surface area (Å²) in [6, 6.07) is 0.271. The maximum absolute atomic E-state index is 12.0. The molecule has 0 radical (unpaired) electrons. The van der Waals surface area contributed by atoms with Gasteiger partial charge in [0, 0.05) is 12.0 Å². The summed E-state index contributed by atoms with van der Waals surface area (Å²) in [5, 5.41) is 5.92. The molecule has 0 aromatic carbocycles. The predicted octanol–water partition coefficient (Wildman–Crippen LogP) is 2.62. The molecule has 2 saturated carbocycles. The van der Waals surface area contributed by atoms with E-state index in [0.717, 1.165) is 32.1 Å². The summed E-state index contributed by atoms with van der Waals surface area (Å²) >= 11 is 0. The molecule has 3 atom stereocenters. The summed E-state index contributed by atoms with van der Waals surface area (Å²) in [7, 11) is 0. The molecule has 4 nitrogen and oxygen atoms in total. The molecule has 0 bridgehead atoms. The van der Waals surface area contributed by atoms with Crippen molar-refractivity contribution in [2.45, 2.75) is 71.3 Å². The van der Waals surface area contributed by atoms with E-state index in [-0.39, 0.29) is 30.3 Å². The first-order chi connectivity index (χ1) is 10.1. The van der Waals surface area contributed by atoms with Crippen molar-refractivity contribution in [3.63, 3.8) is 0 Å². The SMILES string of the molecule is C[C@H]1[C@H](C)CCC[C@@H]1NC(=O)CNC(=O)C1CCCCC1. The van der Waals surface area contributed by atoms with Gasteiger partial charge in [-0.3, -0.25) is 9.59 Å². The molecule has 0 unspecified atom stereocenters. The van der Waals surface area contributed by atoms with Crippen LogP contribution >= 0.6 is 0 Å². The van der Waals surface area contributed by atoms with E-state index in [1.807, 2.05) is 0 Å². The highest BCUT2D eigenvalue weighted by Crippen LogP contribution is 2.29. The van der Waals surface area contributed by atoms with Gasteiger partial charge in [-0.15, -0.1) is 0 Å². The van der Waals surface area contributed by atoms with Gasteiger partial charge in [0.2, 0.25) is 11.8 Å². The zero-order valence-electron chi connectivity index (χ0n) is 13.5. The Bertz CT molecular complexity index is 364. The van der Waals surface area contributed by atoms with Gasteiger partial charge in [0.1, 0.15) is 0 Å². The van der Waals surface area contributed by atoms with Gasteiger partial charge >= 0.3 is 0 Å². The number of hydrogen-bond donors (Lipinski definition) is 2. The molecule has 4 heteroatoms. The Morgan fingerprint density at radius 2 is 1.67 bits per heavy atom. The highest BCUT2D eigenvalue weighted by atomic mass is 16.2. The van der Waals surface area contributed by atoms with Crippen molar-refractivity contribution >= 4 is 11.8 Å². The first-order valence-corrected chi connectivity index (χ1v) is 8.65. The van der Waals surface area contributed by atoms with Crippen LogP contribution in [0.3, 0.4) is 0 Å². The molecule has 2 fully saturated rings. The lowest BCUT2D eigenvalue weighted by molar-refractivity contribution is -0.129. The van der Waals surface area contributed by atoms with Crippen LogP contribution in [0.5, 0.6) is 0 Å². The number of carbonyl (C=O) groups is 2. The van der Waals surface area contributed by atoms with Gasteiger partial charge in [-0.25, -0.2) is 0 Å². The molecule has 2 aliphatic rings. The van der Waals surface area contributed by atoms with Crippen LogP contribution in [0.2, 0.25) is 0 Å². The summed E-state index contributed by atoms with van der Waals surface area (Å²) in [6.07, 6.45) is 8.98. The van der Waals surface area contributed by atoms with E-state index in [2.05, 4.69) is 24.5 Å². The zero-order chi connectivity index (χ0) is 15.2. The fourth-order valence-corrected chi connectivity index (χ4v) is 3.72. The van der Waals surface area contributed by atoms with Crippen molar-refractivity contribution in [3.05, 3.63) is 0 Å². The van der Waals surface area contributed by atoms with Crippen LogP contribution in [0.25, 0.3) is 0 Å². The topological polar surface area (TPSA) is 58.2 Å². The molecular formula is C17H30N2O2. The Morgan fingerprint density at radius 3 is 2.38 bits per heavy atom. The van der Waals surface area contributed by atoms with Gasteiger partial charge in [-0.2, -0.15) is 0 Å². The van der Waals surface area contributed by atoms with Crippen molar-refractivity contribution in [2.24, 2.45) is 17.8 Å². The maximum atomic E-state index is 12.0. The number of carbonyl (C=O) groups excluding carboxylic acids is 2. The van der Waals surface area contributed by atoms with E-state index >= 15 is 0 Å². The van der Waals surface area contributed by atoms with E-state index in [0.29, 0.717) is 11.8 Å². The fraction of sp³-hybridized carbons (Fsp3) is 0.882. The Labute approximate surface area is 128 Å². The van der Waals surface area contributed by atoms with Gasteiger partial charge in [0.25, 0.3) is 0 Å². The van der Waals surface area contributed by atoms with Crippen molar-refractivity contribution < 1.29 is 9.59 Å². The zero-order valence-corrected chi connectivity index (χ0v) is 13.5. The smallest absolute Gasteiger partial charge is 0.239 e. The van der Waals surface area contributed by atoms with Crippen LogP contribution in [-0.2, 0) is 9.59 Å². The first kappa shape index (κ1) is 16.3. The summed E-state index contributed by atoms with van der Waals surface area (Å²) in [5.74, 6) is 1.35. The number of rotatable bonds is 4. The molecule has 0 spiro atoms. The van der Waals surface area contributed by atoms with Crippen molar-refractivity contribution in [1.82, 2.24) is 10.6 Å². The third-order valence-corrected chi connectivity index (χ3v) is 5.45. The molecule has 120 valence electrons. The van der Waals surface area contributed by atoms with Gasteiger partial charge in [-0.05, 0) is 31.1 Å². The Balaban J connectivity index is 1.70. The van der Waals surface area contributed by atoms with Crippen molar-refractivity contribution in [2.75, 3.05) is 6.54 Å². The number of amides is 2. The second-order valence-electron chi connectivity index (χ2n) is 6.99. The Hall–Kier alpha value is -1.06. The Morgan fingerprint density at radius 1 is 0.952 bits per heavy atom. The summed E-state index contributed by atoms with van der Waals surface area (Å²) < 4.78 is 0. The lowest BCUT2D eigenvalue weighted by Gasteiger charge is -2.34. The molecule has 0 heterocycles. The van der Waals surface area contributed by atoms with E-state index in [1.165, 1.54) is 19.3 Å². The third kappa shape index (κ3) is 4.72. The third-order valence-electron chi connectivity index (χ3n) is 5.45. The lowest BCUT2D eigenvalue weighted by atomic mass is 9.78. The van der Waals surface area contributed by atoms with Gasteiger partial charge in [0.05, 0.1) is 6.54 Å². The minimum absolute atomic E-state index is 0.0369. The quantitative estimate of drug-likeness (QED) is 0.837. The maximum Gasteiger partial charge on any atom is 0.239 e. The summed E-state index contributed by atoms with van der Waals surface area (Å²) in [6.45, 7) is 4.61. The van der Waals surface area contributed by atoms with E-state index in [4.69, 9.17) is 0 Å². The molecule has 0 aliphatic heterocycles. The van der Waals surface area contributed by atoms with E-state index < -0.39 is 0 Å². The molecule has 0 aromatic rings. The average Bonchev–Trinajstić information content (AvgIpc) is 2.50. The van der Waals surface area contributed by atoms with Crippen LogP contribution in [0, 0.1) is 17.8 Å². The lowest BCUT2D eigenvalue weighted by Crippen LogP contribution is -2.48. The predicted molar refractivity (Wildman–Crippen MR) is 83.7 cm³/mol. The number of hydrogen-bond acceptors (Lipinski definition) is 2. The molecule has 2 aliphatic carbocycles. The average molecular weight is 294 g/mol. The highest BCUT2D eigenvalue weighted by molar-refractivity contribution is 5.85. The molecule has 2 amide bonds. The normalized spacial score (nSPS) is 30.7. The van der Waals surface area contributed by atoms with Crippen molar-refractivity contribution in [1.29, 1.82) is 0 Å². The number of nitrogens with one attached hydrogen (secondary N) is 2. The fourth-order valence-electron chi connectivity index (χ4n) is 3.72. The van der Waals surface area contributed by atoms with Crippen molar-refractivity contribution in [3.8, 4) is 0 Å². The van der Waals surface area contributed by atoms with E-state index in [9.17, 15) is 9.59 Å². The van der Waals surface area contributed by atoms with Crippen LogP contribution in [0.15, 0.2) is 0 Å². The van der Waals surface area contributed by atoms with Crippen LogP contribution in [0.4, 0.5) is 0 Å². The minimum atomic E-state index is -0.0369. The van der Waals surface area contributed by atoms with Crippen LogP contribution in [-0.4, -0.2) is 24.4 Å². The second kappa shape index (κ2) is 7.81. The monoisotopic (exact) mass is 294 g/mol. The molecule has 21 heavy (non-hydrogen) atoms. The molecule has 2 rings (SSSR count). The Kier molecular flexibility index (Phi) is 6.07.